The topological polar surface area (TPSA) is 40.5 Å². The zero-order valence-electron chi connectivity index (χ0n) is 10.6. The first kappa shape index (κ1) is 13.5. The van der Waals surface area contributed by atoms with Crippen LogP contribution in [0.3, 0.4) is 0 Å². The molecule has 1 fully saturated rings. The average Bonchev–Trinajstić information content (AvgIpc) is 2.27. The number of rotatable bonds is 6. The monoisotopic (exact) mass is 227 g/mol. The van der Waals surface area contributed by atoms with Crippen LogP contribution in [0.5, 0.6) is 0 Å². The normalized spacial score (nSPS) is 24.2. The molecule has 1 aliphatic rings. The van der Waals surface area contributed by atoms with E-state index in [9.17, 15) is 9.90 Å². The average molecular weight is 227 g/mol. The van der Waals surface area contributed by atoms with Gasteiger partial charge in [-0.15, -0.1) is 0 Å². The number of aliphatic carboxylic acids is 1. The number of nitrogens with zero attached hydrogens (tertiary/aromatic N) is 1. The van der Waals surface area contributed by atoms with Crippen molar-refractivity contribution >= 4 is 5.97 Å². The van der Waals surface area contributed by atoms with E-state index in [0.29, 0.717) is 6.04 Å². The predicted octanol–water partition coefficient (Wildman–Crippen LogP) is 2.89. The molecule has 0 aromatic rings. The summed E-state index contributed by atoms with van der Waals surface area (Å²) in [5.41, 5.74) is 0. The van der Waals surface area contributed by atoms with Crippen LogP contribution in [0.25, 0.3) is 0 Å². The number of carbonyl (C=O) groups is 1. The van der Waals surface area contributed by atoms with E-state index in [2.05, 4.69) is 18.7 Å². The highest BCUT2D eigenvalue weighted by molar-refractivity contribution is 5.73. The van der Waals surface area contributed by atoms with Crippen LogP contribution in [0.2, 0.25) is 0 Å². The van der Waals surface area contributed by atoms with Crippen molar-refractivity contribution in [2.24, 2.45) is 0 Å². The summed E-state index contributed by atoms with van der Waals surface area (Å²) in [6.45, 7) is 5.22. The standard InChI is InChI=1S/C13H25NO2/c1-3-7-11-9-5-6-10-14(11)12(8-4-2)13(15)16/h11-12H,3-10H2,1-2H3,(H,15,16). The Hall–Kier alpha value is -0.570. The van der Waals surface area contributed by atoms with Gasteiger partial charge in [0, 0.05) is 6.04 Å². The van der Waals surface area contributed by atoms with E-state index in [-0.39, 0.29) is 6.04 Å². The predicted molar refractivity (Wildman–Crippen MR) is 65.6 cm³/mol. The Morgan fingerprint density at radius 2 is 2.12 bits per heavy atom. The number of piperidine rings is 1. The molecule has 0 radical (unpaired) electrons. The van der Waals surface area contributed by atoms with Crippen molar-refractivity contribution in [3.8, 4) is 0 Å². The highest BCUT2D eigenvalue weighted by Crippen LogP contribution is 2.24. The summed E-state index contributed by atoms with van der Waals surface area (Å²) in [6, 6.07) is 0.258. The molecule has 0 aromatic heterocycles. The van der Waals surface area contributed by atoms with Gasteiger partial charge >= 0.3 is 5.97 Å². The number of hydrogen-bond acceptors (Lipinski definition) is 2. The second-order valence-corrected chi connectivity index (χ2v) is 4.82. The third-order valence-electron chi connectivity index (χ3n) is 3.54. The van der Waals surface area contributed by atoms with Gasteiger partial charge in [0.15, 0.2) is 0 Å². The van der Waals surface area contributed by atoms with E-state index >= 15 is 0 Å². The van der Waals surface area contributed by atoms with Crippen molar-refractivity contribution in [2.45, 2.75) is 70.9 Å². The van der Waals surface area contributed by atoms with E-state index in [1.54, 1.807) is 0 Å². The molecule has 0 spiro atoms. The van der Waals surface area contributed by atoms with Crippen molar-refractivity contribution in [1.29, 1.82) is 0 Å². The van der Waals surface area contributed by atoms with Gasteiger partial charge in [-0.3, -0.25) is 9.69 Å². The molecule has 0 saturated carbocycles. The molecule has 1 N–H and O–H groups in total. The lowest BCUT2D eigenvalue weighted by Crippen LogP contribution is -2.49. The summed E-state index contributed by atoms with van der Waals surface area (Å²) in [4.78, 5) is 13.5. The van der Waals surface area contributed by atoms with Crippen LogP contribution in [0, 0.1) is 0 Å². The Labute approximate surface area is 98.8 Å². The van der Waals surface area contributed by atoms with Crippen LogP contribution in [0.15, 0.2) is 0 Å². The largest absolute Gasteiger partial charge is 0.480 e. The van der Waals surface area contributed by atoms with Crippen molar-refractivity contribution < 1.29 is 9.90 Å². The molecule has 0 bridgehead atoms. The quantitative estimate of drug-likeness (QED) is 0.758. The first-order chi connectivity index (χ1) is 7.70. The molecule has 94 valence electrons. The second kappa shape index (κ2) is 6.89. The summed E-state index contributed by atoms with van der Waals surface area (Å²) in [6.07, 6.45) is 7.64. The van der Waals surface area contributed by atoms with E-state index in [4.69, 9.17) is 0 Å². The Kier molecular flexibility index (Phi) is 5.81. The molecule has 0 aliphatic carbocycles. The first-order valence-electron chi connectivity index (χ1n) is 6.69. The minimum Gasteiger partial charge on any atom is -0.480 e. The van der Waals surface area contributed by atoms with E-state index in [1.165, 1.54) is 12.8 Å². The van der Waals surface area contributed by atoms with Crippen molar-refractivity contribution in [3.05, 3.63) is 0 Å². The van der Waals surface area contributed by atoms with E-state index in [1.807, 2.05) is 0 Å². The van der Waals surface area contributed by atoms with Gasteiger partial charge < -0.3 is 5.11 Å². The summed E-state index contributed by atoms with van der Waals surface area (Å²) in [5.74, 6) is -0.634. The van der Waals surface area contributed by atoms with Crippen LogP contribution in [-0.4, -0.2) is 34.6 Å². The van der Waals surface area contributed by atoms with Gasteiger partial charge in [-0.2, -0.15) is 0 Å². The molecule has 0 aromatic carbocycles. The van der Waals surface area contributed by atoms with Gasteiger partial charge in [0.05, 0.1) is 0 Å². The molecule has 3 nitrogen and oxygen atoms in total. The summed E-state index contributed by atoms with van der Waals surface area (Å²) in [7, 11) is 0. The molecule has 1 saturated heterocycles. The SMILES string of the molecule is CCCC1CCCCN1C(CCC)C(=O)O. The molecule has 3 heteroatoms. The second-order valence-electron chi connectivity index (χ2n) is 4.82. The maximum atomic E-state index is 11.3. The third-order valence-corrected chi connectivity index (χ3v) is 3.54. The Morgan fingerprint density at radius 1 is 1.38 bits per heavy atom. The summed E-state index contributed by atoms with van der Waals surface area (Å²) in [5, 5.41) is 9.30. The molecular weight excluding hydrogens is 202 g/mol. The van der Waals surface area contributed by atoms with Crippen molar-refractivity contribution in [2.75, 3.05) is 6.54 Å². The number of hydrogen-bond donors (Lipinski definition) is 1. The van der Waals surface area contributed by atoms with Gasteiger partial charge in [0.2, 0.25) is 0 Å². The van der Waals surface area contributed by atoms with Gasteiger partial charge in [-0.05, 0) is 32.2 Å². The highest BCUT2D eigenvalue weighted by atomic mass is 16.4. The molecule has 0 amide bonds. The fraction of sp³-hybridized carbons (Fsp3) is 0.923. The lowest BCUT2D eigenvalue weighted by Gasteiger charge is -2.39. The summed E-state index contributed by atoms with van der Waals surface area (Å²) >= 11 is 0. The zero-order chi connectivity index (χ0) is 12.0. The van der Waals surface area contributed by atoms with Gasteiger partial charge in [0.25, 0.3) is 0 Å². The van der Waals surface area contributed by atoms with Gasteiger partial charge in [-0.1, -0.05) is 33.1 Å². The minimum atomic E-state index is -0.634. The fourth-order valence-corrected chi connectivity index (χ4v) is 2.78. The first-order valence-corrected chi connectivity index (χ1v) is 6.69. The molecule has 16 heavy (non-hydrogen) atoms. The lowest BCUT2D eigenvalue weighted by atomic mass is 9.95. The number of carboxylic acids is 1. The van der Waals surface area contributed by atoms with E-state index < -0.39 is 5.97 Å². The van der Waals surface area contributed by atoms with Gasteiger partial charge in [0.1, 0.15) is 6.04 Å². The molecule has 1 rings (SSSR count). The van der Waals surface area contributed by atoms with E-state index in [0.717, 1.165) is 38.6 Å². The third kappa shape index (κ3) is 3.48. The summed E-state index contributed by atoms with van der Waals surface area (Å²) < 4.78 is 0. The van der Waals surface area contributed by atoms with Gasteiger partial charge in [-0.25, -0.2) is 0 Å². The molecule has 1 aliphatic heterocycles. The van der Waals surface area contributed by atoms with Crippen molar-refractivity contribution in [3.63, 3.8) is 0 Å². The minimum absolute atomic E-state index is 0.248. The Bertz CT molecular complexity index is 216. The van der Waals surface area contributed by atoms with Crippen LogP contribution in [0.4, 0.5) is 0 Å². The molecule has 1 heterocycles. The number of likely N-dealkylation sites (tertiary alicyclic amines) is 1. The highest BCUT2D eigenvalue weighted by Gasteiger charge is 2.31. The number of carboxylic acid groups (broad SMARTS) is 1. The molecule has 2 atom stereocenters. The molecular formula is C13H25NO2. The lowest BCUT2D eigenvalue weighted by molar-refractivity contribution is -0.145. The smallest absolute Gasteiger partial charge is 0.320 e. The van der Waals surface area contributed by atoms with Crippen LogP contribution >= 0.6 is 0 Å². The zero-order valence-corrected chi connectivity index (χ0v) is 10.6. The maximum Gasteiger partial charge on any atom is 0.320 e. The van der Waals surface area contributed by atoms with Crippen LogP contribution < -0.4 is 0 Å². The van der Waals surface area contributed by atoms with Crippen LogP contribution in [0.1, 0.15) is 58.8 Å². The Balaban J connectivity index is 2.66. The maximum absolute atomic E-state index is 11.3. The molecule has 2 unspecified atom stereocenters. The van der Waals surface area contributed by atoms with Crippen molar-refractivity contribution in [1.82, 2.24) is 4.90 Å². The fourth-order valence-electron chi connectivity index (χ4n) is 2.78. The Morgan fingerprint density at radius 3 is 2.69 bits per heavy atom. The van der Waals surface area contributed by atoms with Crippen LogP contribution in [-0.2, 0) is 4.79 Å².